The summed E-state index contributed by atoms with van der Waals surface area (Å²) in [5.74, 6) is 1.02. The van der Waals surface area contributed by atoms with Crippen molar-refractivity contribution < 1.29 is 4.74 Å². The van der Waals surface area contributed by atoms with E-state index in [1.165, 1.54) is 25.6 Å². The van der Waals surface area contributed by atoms with E-state index in [2.05, 4.69) is 16.9 Å². The topological polar surface area (TPSA) is 61.0 Å². The molecule has 2 rings (SSSR count). The molecule has 0 amide bonds. The van der Waals surface area contributed by atoms with Crippen LogP contribution in [0.25, 0.3) is 0 Å². The molecule has 0 aromatic carbocycles. The van der Waals surface area contributed by atoms with Crippen LogP contribution in [0.3, 0.4) is 0 Å². The highest BCUT2D eigenvalue weighted by Gasteiger charge is 2.26. The van der Waals surface area contributed by atoms with Gasteiger partial charge >= 0.3 is 0 Å². The zero-order valence-corrected chi connectivity index (χ0v) is 10.8. The zero-order valence-electron chi connectivity index (χ0n) is 10.0. The van der Waals surface area contributed by atoms with E-state index < -0.39 is 0 Å². The molecule has 1 aromatic rings. The van der Waals surface area contributed by atoms with Gasteiger partial charge in [-0.25, -0.2) is 4.98 Å². The van der Waals surface area contributed by atoms with Crippen molar-refractivity contribution >= 4 is 17.3 Å². The van der Waals surface area contributed by atoms with E-state index in [4.69, 9.17) is 22.1 Å². The first-order chi connectivity index (χ1) is 8.22. The minimum atomic E-state index is 0.210. The van der Waals surface area contributed by atoms with Gasteiger partial charge in [0.15, 0.2) is 5.15 Å². The van der Waals surface area contributed by atoms with E-state index in [1.54, 1.807) is 0 Å². The predicted molar refractivity (Wildman–Crippen MR) is 68.1 cm³/mol. The third kappa shape index (κ3) is 2.80. The average molecular weight is 256 g/mol. The van der Waals surface area contributed by atoms with Crippen LogP contribution in [0.4, 0.5) is 5.69 Å². The molecule has 5 heteroatoms. The number of hydrogen-bond acceptors (Lipinski definition) is 4. The summed E-state index contributed by atoms with van der Waals surface area (Å²) in [6.07, 6.45) is 7.51. The van der Waals surface area contributed by atoms with Crippen molar-refractivity contribution in [3.8, 4) is 5.88 Å². The molecule has 0 aliphatic heterocycles. The smallest absolute Gasteiger partial charge is 0.242 e. The van der Waals surface area contributed by atoms with Gasteiger partial charge in [0, 0.05) is 0 Å². The number of halogens is 1. The van der Waals surface area contributed by atoms with Crippen LogP contribution >= 0.6 is 11.6 Å². The van der Waals surface area contributed by atoms with Gasteiger partial charge in [-0.2, -0.15) is 4.98 Å². The SMILES string of the molecule is CCC1CCCCC1Oc1ncnc(Cl)c1N. The van der Waals surface area contributed by atoms with E-state index in [1.807, 2.05) is 0 Å². The molecule has 1 saturated carbocycles. The standard InChI is InChI=1S/C12H18ClN3O/c1-2-8-5-3-4-6-9(8)17-12-10(14)11(13)15-7-16-12/h7-9H,2-6,14H2,1H3. The van der Waals surface area contributed by atoms with Gasteiger partial charge in [0.2, 0.25) is 5.88 Å². The van der Waals surface area contributed by atoms with Gasteiger partial charge in [0.25, 0.3) is 0 Å². The third-order valence-electron chi connectivity index (χ3n) is 3.43. The fourth-order valence-corrected chi connectivity index (χ4v) is 2.52. The molecule has 0 bridgehead atoms. The first-order valence-corrected chi connectivity index (χ1v) is 6.52. The molecule has 1 aliphatic rings. The summed E-state index contributed by atoms with van der Waals surface area (Å²) in [7, 11) is 0. The van der Waals surface area contributed by atoms with E-state index in [0.717, 1.165) is 12.8 Å². The number of nitrogens with two attached hydrogens (primary N) is 1. The van der Waals surface area contributed by atoms with Gasteiger partial charge in [-0.15, -0.1) is 0 Å². The van der Waals surface area contributed by atoms with Crippen LogP contribution in [0.2, 0.25) is 5.15 Å². The largest absolute Gasteiger partial charge is 0.472 e. The van der Waals surface area contributed by atoms with E-state index in [-0.39, 0.29) is 11.3 Å². The molecule has 1 fully saturated rings. The zero-order chi connectivity index (χ0) is 12.3. The number of nitrogen functional groups attached to an aromatic ring is 1. The molecule has 4 nitrogen and oxygen atoms in total. The predicted octanol–water partition coefficient (Wildman–Crippen LogP) is 3.06. The van der Waals surface area contributed by atoms with Crippen LogP contribution in [0.5, 0.6) is 5.88 Å². The normalized spacial score (nSPS) is 24.6. The van der Waals surface area contributed by atoms with Crippen molar-refractivity contribution in [2.45, 2.75) is 45.1 Å². The van der Waals surface area contributed by atoms with Gasteiger partial charge in [0.05, 0.1) is 0 Å². The summed E-state index contributed by atoms with van der Waals surface area (Å²) >= 11 is 5.85. The molecule has 1 heterocycles. The molecular formula is C12H18ClN3O. The minimum absolute atomic E-state index is 0.210. The summed E-state index contributed by atoms with van der Waals surface area (Å²) in [5, 5.41) is 0.263. The first kappa shape index (κ1) is 12.4. The Morgan fingerprint density at radius 1 is 1.41 bits per heavy atom. The van der Waals surface area contributed by atoms with Crippen molar-refractivity contribution in [2.75, 3.05) is 5.73 Å². The van der Waals surface area contributed by atoms with Gasteiger partial charge in [-0.1, -0.05) is 24.9 Å². The van der Waals surface area contributed by atoms with Gasteiger partial charge in [-0.05, 0) is 31.6 Å². The van der Waals surface area contributed by atoms with E-state index in [9.17, 15) is 0 Å². The molecule has 1 aromatic heterocycles. The fraction of sp³-hybridized carbons (Fsp3) is 0.667. The average Bonchev–Trinajstić information content (AvgIpc) is 2.35. The van der Waals surface area contributed by atoms with Crippen molar-refractivity contribution in [1.82, 2.24) is 9.97 Å². The lowest BCUT2D eigenvalue weighted by atomic mass is 9.85. The van der Waals surface area contributed by atoms with E-state index >= 15 is 0 Å². The Labute approximate surface area is 107 Å². The summed E-state index contributed by atoms with van der Waals surface area (Å²) < 4.78 is 5.91. The highest BCUT2D eigenvalue weighted by Crippen LogP contribution is 2.32. The van der Waals surface area contributed by atoms with Gasteiger partial charge < -0.3 is 10.5 Å². The number of anilines is 1. The Balaban J connectivity index is 2.11. The van der Waals surface area contributed by atoms with Crippen molar-refractivity contribution in [3.63, 3.8) is 0 Å². The summed E-state index contributed by atoms with van der Waals surface area (Å²) in [4.78, 5) is 7.88. The molecule has 94 valence electrons. The van der Waals surface area contributed by atoms with Gasteiger partial charge in [-0.3, -0.25) is 0 Å². The molecule has 0 spiro atoms. The maximum absolute atomic E-state index is 5.91. The molecule has 0 radical (unpaired) electrons. The van der Waals surface area contributed by atoms with E-state index in [0.29, 0.717) is 17.5 Å². The molecule has 2 N–H and O–H groups in total. The van der Waals surface area contributed by atoms with Crippen LogP contribution in [-0.4, -0.2) is 16.1 Å². The second-order valence-corrected chi connectivity index (χ2v) is 4.85. The highest BCUT2D eigenvalue weighted by molar-refractivity contribution is 6.32. The number of hydrogen-bond donors (Lipinski definition) is 1. The number of nitrogens with zero attached hydrogens (tertiary/aromatic N) is 2. The quantitative estimate of drug-likeness (QED) is 0.844. The van der Waals surface area contributed by atoms with Crippen LogP contribution in [-0.2, 0) is 0 Å². The number of ether oxygens (including phenoxy) is 1. The molecule has 2 atom stereocenters. The van der Waals surface area contributed by atoms with Crippen LogP contribution < -0.4 is 10.5 Å². The maximum atomic E-state index is 5.91. The second-order valence-electron chi connectivity index (χ2n) is 4.49. The molecule has 17 heavy (non-hydrogen) atoms. The van der Waals surface area contributed by atoms with Gasteiger partial charge in [0.1, 0.15) is 18.1 Å². The Morgan fingerprint density at radius 2 is 2.18 bits per heavy atom. The lowest BCUT2D eigenvalue weighted by Gasteiger charge is -2.31. The van der Waals surface area contributed by atoms with Crippen molar-refractivity contribution in [2.24, 2.45) is 5.92 Å². The Hall–Kier alpha value is -1.03. The second kappa shape index (κ2) is 5.54. The fourth-order valence-electron chi connectivity index (χ4n) is 2.39. The Bertz CT molecular complexity index is 386. The molecule has 0 saturated heterocycles. The molecule has 1 aliphatic carbocycles. The maximum Gasteiger partial charge on any atom is 0.242 e. The number of rotatable bonds is 3. The highest BCUT2D eigenvalue weighted by atomic mass is 35.5. The lowest BCUT2D eigenvalue weighted by Crippen LogP contribution is -2.30. The van der Waals surface area contributed by atoms with Crippen LogP contribution in [0.1, 0.15) is 39.0 Å². The summed E-state index contributed by atoms with van der Waals surface area (Å²) in [6, 6.07) is 0. The number of aromatic nitrogens is 2. The van der Waals surface area contributed by atoms with Crippen LogP contribution in [0.15, 0.2) is 6.33 Å². The van der Waals surface area contributed by atoms with Crippen molar-refractivity contribution in [3.05, 3.63) is 11.5 Å². The summed E-state index contributed by atoms with van der Waals surface area (Å²) in [6.45, 7) is 2.20. The Kier molecular flexibility index (Phi) is 4.05. The van der Waals surface area contributed by atoms with Crippen molar-refractivity contribution in [1.29, 1.82) is 0 Å². The first-order valence-electron chi connectivity index (χ1n) is 6.15. The Morgan fingerprint density at radius 3 is 2.94 bits per heavy atom. The monoisotopic (exact) mass is 255 g/mol. The van der Waals surface area contributed by atoms with Crippen LogP contribution in [0, 0.1) is 5.92 Å². The lowest BCUT2D eigenvalue weighted by molar-refractivity contribution is 0.0865. The third-order valence-corrected chi connectivity index (χ3v) is 3.73. The molecular weight excluding hydrogens is 238 g/mol. The molecule has 2 unspecified atom stereocenters. The minimum Gasteiger partial charge on any atom is -0.472 e. The summed E-state index contributed by atoms with van der Waals surface area (Å²) in [5.41, 5.74) is 6.15.